The first-order chi connectivity index (χ1) is 12.2. The van der Waals surface area contributed by atoms with E-state index < -0.39 is 9.84 Å². The molecule has 2 unspecified atom stereocenters. The Labute approximate surface area is 159 Å². The van der Waals surface area contributed by atoms with Gasteiger partial charge in [0, 0.05) is 30.9 Å². The predicted octanol–water partition coefficient (Wildman–Crippen LogP) is 1.59. The molecule has 0 heterocycles. The SMILES string of the molecule is CCCCOC1CC(NC(=NCCOCCS(C)(=O)=O)NCC)C1(C)C. The molecule has 0 aromatic rings. The van der Waals surface area contributed by atoms with Gasteiger partial charge in [0.05, 0.1) is 31.6 Å². The van der Waals surface area contributed by atoms with Crippen molar-refractivity contribution < 1.29 is 17.9 Å². The van der Waals surface area contributed by atoms with Crippen molar-refractivity contribution in [1.82, 2.24) is 10.6 Å². The van der Waals surface area contributed by atoms with Gasteiger partial charge in [-0.1, -0.05) is 27.2 Å². The lowest BCUT2D eigenvalue weighted by atomic mass is 9.64. The molecule has 2 atom stereocenters. The standard InChI is InChI=1S/C18H37N3O4S/c1-6-8-10-25-16-14-15(18(16,3)4)21-17(19-7-2)20-9-11-24-12-13-26(5,22)23/h15-16H,6-14H2,1-5H3,(H2,19,20,21). The Bertz CT molecular complexity index is 535. The van der Waals surface area contributed by atoms with E-state index in [9.17, 15) is 8.42 Å². The van der Waals surface area contributed by atoms with Crippen LogP contribution in [0.25, 0.3) is 0 Å². The summed E-state index contributed by atoms with van der Waals surface area (Å²) < 4.78 is 33.4. The minimum absolute atomic E-state index is 0.0463. The summed E-state index contributed by atoms with van der Waals surface area (Å²) in [6.45, 7) is 11.4. The quantitative estimate of drug-likeness (QED) is 0.298. The zero-order valence-electron chi connectivity index (χ0n) is 17.0. The van der Waals surface area contributed by atoms with Crippen molar-refractivity contribution in [1.29, 1.82) is 0 Å². The van der Waals surface area contributed by atoms with Gasteiger partial charge in [-0.25, -0.2) is 8.42 Å². The average Bonchev–Trinajstić information content (AvgIpc) is 2.55. The summed E-state index contributed by atoms with van der Waals surface area (Å²) in [4.78, 5) is 4.51. The molecular formula is C18H37N3O4S. The van der Waals surface area contributed by atoms with Crippen LogP contribution in [-0.4, -0.2) is 71.4 Å². The smallest absolute Gasteiger partial charge is 0.191 e. The van der Waals surface area contributed by atoms with Gasteiger partial charge in [0.25, 0.3) is 0 Å². The molecule has 1 rings (SSSR count). The second kappa shape index (κ2) is 11.1. The highest BCUT2D eigenvalue weighted by molar-refractivity contribution is 7.90. The van der Waals surface area contributed by atoms with Crippen molar-refractivity contribution in [2.24, 2.45) is 10.4 Å². The summed E-state index contributed by atoms with van der Waals surface area (Å²) in [5, 5.41) is 6.74. The van der Waals surface area contributed by atoms with Gasteiger partial charge in [-0.15, -0.1) is 0 Å². The average molecular weight is 392 g/mol. The van der Waals surface area contributed by atoms with Gasteiger partial charge in [-0.05, 0) is 19.8 Å². The largest absolute Gasteiger partial charge is 0.378 e. The molecule has 2 N–H and O–H groups in total. The number of sulfone groups is 1. The molecule has 154 valence electrons. The molecule has 1 fully saturated rings. The van der Waals surface area contributed by atoms with Gasteiger partial charge >= 0.3 is 0 Å². The number of guanidine groups is 1. The van der Waals surface area contributed by atoms with Crippen LogP contribution < -0.4 is 10.6 Å². The van der Waals surface area contributed by atoms with Crippen LogP contribution in [-0.2, 0) is 19.3 Å². The molecule has 0 aromatic carbocycles. The highest BCUT2D eigenvalue weighted by atomic mass is 32.2. The summed E-state index contributed by atoms with van der Waals surface area (Å²) in [5.74, 6) is 0.814. The number of rotatable bonds is 12. The van der Waals surface area contributed by atoms with E-state index in [2.05, 4.69) is 36.4 Å². The van der Waals surface area contributed by atoms with Gasteiger partial charge < -0.3 is 20.1 Å². The van der Waals surface area contributed by atoms with Crippen LogP contribution in [0.15, 0.2) is 4.99 Å². The first kappa shape index (κ1) is 23.2. The Morgan fingerprint density at radius 2 is 1.96 bits per heavy atom. The van der Waals surface area contributed by atoms with E-state index in [4.69, 9.17) is 9.47 Å². The summed E-state index contributed by atoms with van der Waals surface area (Å²) in [7, 11) is -2.97. The highest BCUT2D eigenvalue weighted by Gasteiger charge is 2.49. The molecule has 0 spiro atoms. The fraction of sp³-hybridized carbons (Fsp3) is 0.944. The van der Waals surface area contributed by atoms with Gasteiger partial charge in [0.15, 0.2) is 5.96 Å². The van der Waals surface area contributed by atoms with E-state index in [0.29, 0.717) is 19.2 Å². The van der Waals surface area contributed by atoms with Gasteiger partial charge in [-0.3, -0.25) is 4.99 Å². The molecule has 0 amide bonds. The lowest BCUT2D eigenvalue weighted by Gasteiger charge is -2.52. The highest BCUT2D eigenvalue weighted by Crippen LogP contribution is 2.42. The van der Waals surface area contributed by atoms with E-state index in [-0.39, 0.29) is 23.9 Å². The van der Waals surface area contributed by atoms with Crippen LogP contribution in [0.4, 0.5) is 0 Å². The molecule has 0 saturated heterocycles. The third kappa shape index (κ3) is 8.22. The molecule has 0 bridgehead atoms. The minimum Gasteiger partial charge on any atom is -0.378 e. The van der Waals surface area contributed by atoms with E-state index in [1.54, 1.807) is 0 Å². The molecular weight excluding hydrogens is 354 g/mol. The number of nitrogens with one attached hydrogen (secondary N) is 2. The van der Waals surface area contributed by atoms with Gasteiger partial charge in [0.2, 0.25) is 0 Å². The van der Waals surface area contributed by atoms with E-state index >= 15 is 0 Å². The molecule has 26 heavy (non-hydrogen) atoms. The fourth-order valence-corrected chi connectivity index (χ4v) is 3.22. The monoisotopic (exact) mass is 391 g/mol. The Hall–Kier alpha value is -0.860. The summed E-state index contributed by atoms with van der Waals surface area (Å²) in [6, 6.07) is 0.318. The Morgan fingerprint density at radius 3 is 2.54 bits per heavy atom. The van der Waals surface area contributed by atoms with Crippen molar-refractivity contribution in [2.45, 2.75) is 59.1 Å². The van der Waals surface area contributed by atoms with Crippen molar-refractivity contribution in [3.05, 3.63) is 0 Å². The van der Waals surface area contributed by atoms with Gasteiger partial charge in [0.1, 0.15) is 9.84 Å². The van der Waals surface area contributed by atoms with Crippen LogP contribution in [0.5, 0.6) is 0 Å². The normalized spacial score (nSPS) is 22.7. The Morgan fingerprint density at radius 1 is 1.23 bits per heavy atom. The number of aliphatic imine (C=N–C) groups is 1. The van der Waals surface area contributed by atoms with Crippen molar-refractivity contribution in [3.63, 3.8) is 0 Å². The zero-order valence-corrected chi connectivity index (χ0v) is 17.8. The minimum atomic E-state index is -2.97. The van der Waals surface area contributed by atoms with Crippen LogP contribution >= 0.6 is 0 Å². The lowest BCUT2D eigenvalue weighted by Crippen LogP contribution is -2.63. The van der Waals surface area contributed by atoms with Crippen LogP contribution in [0.1, 0.15) is 47.0 Å². The zero-order chi connectivity index (χ0) is 19.6. The first-order valence-electron chi connectivity index (χ1n) is 9.62. The molecule has 7 nitrogen and oxygen atoms in total. The van der Waals surface area contributed by atoms with Crippen molar-refractivity contribution >= 4 is 15.8 Å². The maximum absolute atomic E-state index is 11.1. The summed E-state index contributed by atoms with van der Waals surface area (Å²) in [6.07, 6.45) is 4.73. The lowest BCUT2D eigenvalue weighted by molar-refractivity contribution is -0.113. The number of nitrogens with zero attached hydrogens (tertiary/aromatic N) is 1. The third-order valence-electron chi connectivity index (χ3n) is 4.75. The molecule has 0 radical (unpaired) electrons. The van der Waals surface area contributed by atoms with Crippen molar-refractivity contribution in [3.8, 4) is 0 Å². The number of hydrogen-bond donors (Lipinski definition) is 2. The molecule has 1 saturated carbocycles. The van der Waals surface area contributed by atoms with E-state index in [0.717, 1.165) is 38.4 Å². The number of hydrogen-bond acceptors (Lipinski definition) is 5. The molecule has 8 heteroatoms. The van der Waals surface area contributed by atoms with E-state index in [1.807, 2.05) is 6.92 Å². The van der Waals surface area contributed by atoms with Gasteiger partial charge in [-0.2, -0.15) is 0 Å². The van der Waals surface area contributed by atoms with Crippen molar-refractivity contribution in [2.75, 3.05) is 44.9 Å². The molecule has 1 aliphatic carbocycles. The maximum Gasteiger partial charge on any atom is 0.191 e. The van der Waals surface area contributed by atoms with Crippen LogP contribution in [0.3, 0.4) is 0 Å². The second-order valence-corrected chi connectivity index (χ2v) is 9.73. The Kier molecular flexibility index (Phi) is 9.89. The van der Waals surface area contributed by atoms with Crippen LogP contribution in [0.2, 0.25) is 0 Å². The Balaban J connectivity index is 2.38. The topological polar surface area (TPSA) is 89.0 Å². The van der Waals surface area contributed by atoms with Crippen LogP contribution in [0, 0.1) is 5.41 Å². The number of ether oxygens (including phenoxy) is 2. The fourth-order valence-electron chi connectivity index (χ4n) is 2.80. The molecule has 1 aliphatic rings. The maximum atomic E-state index is 11.1. The second-order valence-electron chi connectivity index (χ2n) is 7.47. The first-order valence-corrected chi connectivity index (χ1v) is 11.7. The molecule has 0 aromatic heterocycles. The summed E-state index contributed by atoms with van der Waals surface area (Å²) >= 11 is 0. The number of unbranched alkanes of at least 4 members (excludes halogenated alkanes) is 1. The predicted molar refractivity (Wildman–Crippen MR) is 106 cm³/mol. The summed E-state index contributed by atoms with van der Waals surface area (Å²) in [5.41, 5.74) is 0.0654. The molecule has 0 aliphatic heterocycles. The van der Waals surface area contributed by atoms with E-state index in [1.165, 1.54) is 6.26 Å². The third-order valence-corrected chi connectivity index (χ3v) is 5.66.